The monoisotopic (exact) mass is 571 g/mol. The van der Waals surface area contributed by atoms with Crippen LogP contribution in [-0.2, 0) is 9.84 Å². The van der Waals surface area contributed by atoms with Crippen LogP contribution in [0.4, 0.5) is 0 Å². The molecular formula is C16H25Cl3IN3O3S. The minimum atomic E-state index is -3.19. The Balaban J connectivity index is 0.00000676. The summed E-state index contributed by atoms with van der Waals surface area (Å²) in [7, 11) is -1.59. The molecule has 0 saturated carbocycles. The smallest absolute Gasteiger partial charge is 0.191 e. The second kappa shape index (κ2) is 11.7. The molecule has 27 heavy (non-hydrogen) atoms. The van der Waals surface area contributed by atoms with Gasteiger partial charge in [-0.25, -0.2) is 8.42 Å². The number of guanidine groups is 1. The van der Waals surface area contributed by atoms with Gasteiger partial charge < -0.3 is 15.4 Å². The molecule has 0 aliphatic carbocycles. The zero-order chi connectivity index (χ0) is 20.0. The Morgan fingerprint density at radius 3 is 2.11 bits per heavy atom. The highest BCUT2D eigenvalue weighted by Crippen LogP contribution is 2.35. The minimum absolute atomic E-state index is 0. The van der Waals surface area contributed by atoms with Crippen LogP contribution in [0.1, 0.15) is 20.8 Å². The Hall–Kier alpha value is -0.160. The first-order chi connectivity index (χ1) is 12.0. The summed E-state index contributed by atoms with van der Waals surface area (Å²) in [5.74, 6) is 0.855. The maximum atomic E-state index is 12.1. The molecular weight excluding hydrogens is 548 g/mol. The van der Waals surface area contributed by atoms with Crippen LogP contribution in [-0.4, -0.2) is 51.6 Å². The first-order valence-corrected chi connectivity index (χ1v) is 10.7. The molecule has 0 atom stereocenters. The first-order valence-electron chi connectivity index (χ1n) is 7.92. The van der Waals surface area contributed by atoms with Gasteiger partial charge in [-0.1, -0.05) is 34.8 Å². The van der Waals surface area contributed by atoms with Gasteiger partial charge in [-0.15, -0.1) is 24.0 Å². The van der Waals surface area contributed by atoms with Crippen LogP contribution in [0, 0.1) is 0 Å². The molecule has 0 amide bonds. The minimum Gasteiger partial charge on any atom is -0.489 e. The summed E-state index contributed by atoms with van der Waals surface area (Å²) >= 11 is 17.9. The number of benzene rings is 1. The highest BCUT2D eigenvalue weighted by Gasteiger charge is 2.28. The lowest BCUT2D eigenvalue weighted by Gasteiger charge is -2.20. The molecule has 156 valence electrons. The van der Waals surface area contributed by atoms with E-state index in [0.717, 1.165) is 0 Å². The Morgan fingerprint density at radius 2 is 1.63 bits per heavy atom. The first kappa shape index (κ1) is 26.8. The Kier molecular flexibility index (Phi) is 11.7. The molecule has 6 nitrogen and oxygen atoms in total. The third-order valence-electron chi connectivity index (χ3n) is 3.42. The summed E-state index contributed by atoms with van der Waals surface area (Å²) in [6.45, 7) is 6.00. The van der Waals surface area contributed by atoms with Gasteiger partial charge in [0.05, 0.1) is 27.1 Å². The van der Waals surface area contributed by atoms with Gasteiger partial charge in [-0.2, -0.15) is 0 Å². The molecule has 0 aliphatic rings. The van der Waals surface area contributed by atoms with E-state index in [1.807, 2.05) is 0 Å². The van der Waals surface area contributed by atoms with Crippen LogP contribution >= 0.6 is 58.8 Å². The lowest BCUT2D eigenvalue weighted by Crippen LogP contribution is -2.42. The second-order valence-corrected chi connectivity index (χ2v) is 10.5. The van der Waals surface area contributed by atoms with Gasteiger partial charge in [-0.3, -0.25) is 4.99 Å². The number of hydrogen-bond donors (Lipinski definition) is 2. The van der Waals surface area contributed by atoms with Crippen LogP contribution in [0.3, 0.4) is 0 Å². The average molecular weight is 573 g/mol. The Morgan fingerprint density at radius 1 is 1.11 bits per heavy atom. The number of hydrogen-bond acceptors (Lipinski definition) is 4. The lowest BCUT2D eigenvalue weighted by atomic mass is 10.3. The van der Waals surface area contributed by atoms with Crippen LogP contribution in [0.25, 0.3) is 0 Å². The quantitative estimate of drug-likeness (QED) is 0.223. The van der Waals surface area contributed by atoms with Crippen LogP contribution in [0.2, 0.25) is 15.1 Å². The maximum absolute atomic E-state index is 12.1. The largest absolute Gasteiger partial charge is 0.489 e. The zero-order valence-electron chi connectivity index (χ0n) is 15.6. The Bertz CT molecular complexity index is 730. The van der Waals surface area contributed by atoms with Crippen molar-refractivity contribution in [3.8, 4) is 5.75 Å². The van der Waals surface area contributed by atoms with Crippen LogP contribution in [0.5, 0.6) is 5.75 Å². The highest BCUT2D eigenvalue weighted by molar-refractivity contribution is 14.0. The van der Waals surface area contributed by atoms with Crippen molar-refractivity contribution in [2.45, 2.75) is 25.5 Å². The topological polar surface area (TPSA) is 79.8 Å². The molecule has 2 N–H and O–H groups in total. The van der Waals surface area contributed by atoms with E-state index in [9.17, 15) is 8.42 Å². The van der Waals surface area contributed by atoms with Crippen molar-refractivity contribution in [3.05, 3.63) is 27.2 Å². The molecule has 0 aromatic heterocycles. The van der Waals surface area contributed by atoms with Gasteiger partial charge in [0, 0.05) is 18.6 Å². The number of sulfone groups is 1. The Labute approximate surface area is 193 Å². The molecule has 1 rings (SSSR count). The van der Waals surface area contributed by atoms with Crippen LogP contribution in [0.15, 0.2) is 17.1 Å². The van der Waals surface area contributed by atoms with E-state index in [0.29, 0.717) is 33.3 Å². The average Bonchev–Trinajstić information content (AvgIpc) is 2.50. The summed E-state index contributed by atoms with van der Waals surface area (Å²) in [5, 5.41) is 7.08. The van der Waals surface area contributed by atoms with Crippen molar-refractivity contribution < 1.29 is 13.2 Å². The third kappa shape index (κ3) is 8.81. The molecule has 0 fully saturated rings. The van der Waals surface area contributed by atoms with E-state index in [1.165, 1.54) is 0 Å². The maximum Gasteiger partial charge on any atom is 0.191 e. The SMILES string of the molecule is CN=C(NCCOc1c(Cl)cc(Cl)cc1Cl)NCCS(=O)(=O)C(C)(C)C.I. The van der Waals surface area contributed by atoms with Gasteiger partial charge in [0.15, 0.2) is 21.5 Å². The number of ether oxygens (including phenoxy) is 1. The van der Waals surface area contributed by atoms with E-state index in [-0.39, 0.29) is 42.9 Å². The fourth-order valence-electron chi connectivity index (χ4n) is 1.82. The molecule has 0 bridgehead atoms. The molecule has 0 unspecified atom stereocenters. The van der Waals surface area contributed by atoms with Gasteiger partial charge >= 0.3 is 0 Å². The highest BCUT2D eigenvalue weighted by atomic mass is 127. The standard InChI is InChI=1S/C16H24Cl3N3O3S.HI/c1-16(2,3)26(23,24)8-6-22-15(20-4)21-5-7-25-14-12(18)9-11(17)10-13(14)19;/h9-10H,5-8H2,1-4H3,(H2,20,21,22);1H. The molecule has 1 aromatic carbocycles. The van der Waals surface area contributed by atoms with Gasteiger partial charge in [-0.05, 0) is 32.9 Å². The summed E-state index contributed by atoms with van der Waals surface area (Å²) in [6, 6.07) is 3.10. The van der Waals surface area contributed by atoms with Gasteiger partial charge in [0.2, 0.25) is 0 Å². The lowest BCUT2D eigenvalue weighted by molar-refractivity contribution is 0.322. The molecule has 0 saturated heterocycles. The zero-order valence-corrected chi connectivity index (χ0v) is 21.0. The second-order valence-electron chi connectivity index (χ2n) is 6.40. The van der Waals surface area contributed by atoms with Crippen molar-refractivity contribution in [1.82, 2.24) is 10.6 Å². The summed E-state index contributed by atoms with van der Waals surface area (Å²) in [4.78, 5) is 4.04. The fourth-order valence-corrected chi connectivity index (χ4v) is 3.73. The van der Waals surface area contributed by atoms with Crippen LogP contribution < -0.4 is 15.4 Å². The van der Waals surface area contributed by atoms with Crippen molar-refractivity contribution in [2.24, 2.45) is 4.99 Å². The predicted molar refractivity (Wildman–Crippen MR) is 125 cm³/mol. The number of aliphatic imine (C=N–C) groups is 1. The van der Waals surface area contributed by atoms with Crippen molar-refractivity contribution in [2.75, 3.05) is 32.5 Å². The van der Waals surface area contributed by atoms with Crippen molar-refractivity contribution in [1.29, 1.82) is 0 Å². The number of halogens is 4. The number of nitrogens with zero attached hydrogens (tertiary/aromatic N) is 1. The summed E-state index contributed by atoms with van der Waals surface area (Å²) in [6.07, 6.45) is 0. The van der Waals surface area contributed by atoms with Crippen molar-refractivity contribution >= 4 is 74.6 Å². The number of nitrogens with one attached hydrogen (secondary N) is 2. The fraction of sp³-hybridized carbons (Fsp3) is 0.562. The normalized spacial score (nSPS) is 12.3. The van der Waals surface area contributed by atoms with E-state index < -0.39 is 14.6 Å². The summed E-state index contributed by atoms with van der Waals surface area (Å²) < 4.78 is 28.9. The molecule has 0 radical (unpaired) electrons. The molecule has 11 heteroatoms. The van der Waals surface area contributed by atoms with Crippen molar-refractivity contribution in [3.63, 3.8) is 0 Å². The predicted octanol–water partition coefficient (Wildman–Crippen LogP) is 4.02. The van der Waals surface area contributed by atoms with Gasteiger partial charge in [0.25, 0.3) is 0 Å². The molecule has 1 aromatic rings. The van der Waals surface area contributed by atoms with E-state index >= 15 is 0 Å². The third-order valence-corrected chi connectivity index (χ3v) is 6.81. The van der Waals surface area contributed by atoms with E-state index in [1.54, 1.807) is 40.0 Å². The molecule has 0 aliphatic heterocycles. The summed E-state index contributed by atoms with van der Waals surface area (Å²) in [5.41, 5.74) is 0. The van der Waals surface area contributed by atoms with E-state index in [2.05, 4.69) is 15.6 Å². The molecule has 0 heterocycles. The number of rotatable bonds is 7. The van der Waals surface area contributed by atoms with Gasteiger partial charge in [0.1, 0.15) is 6.61 Å². The van der Waals surface area contributed by atoms with E-state index in [4.69, 9.17) is 39.5 Å². The molecule has 0 spiro atoms.